The monoisotopic (exact) mass is 389 g/mol. The normalized spacial score (nSPS) is 31.1. The first-order chi connectivity index (χ1) is 13.4. The minimum absolute atomic E-state index is 0.0551. The molecule has 2 saturated heterocycles. The second-order valence-electron chi connectivity index (χ2n) is 8.42. The second-order valence-corrected chi connectivity index (χ2v) is 8.42. The van der Waals surface area contributed by atoms with Crippen LogP contribution in [0.2, 0.25) is 0 Å². The van der Waals surface area contributed by atoms with Gasteiger partial charge in [0.25, 0.3) is 5.91 Å². The number of likely N-dealkylation sites (tertiary alicyclic amines) is 1. The molecule has 0 aromatic carbocycles. The molecule has 0 spiro atoms. The summed E-state index contributed by atoms with van der Waals surface area (Å²) in [6, 6.07) is -0.0922. The fourth-order valence-electron chi connectivity index (χ4n) is 4.90. The van der Waals surface area contributed by atoms with Gasteiger partial charge in [-0.25, -0.2) is 9.97 Å². The summed E-state index contributed by atoms with van der Waals surface area (Å²) in [5.41, 5.74) is 0.925. The first-order valence-electron chi connectivity index (χ1n) is 10.2. The Hall–Kier alpha value is -1.77. The number of methoxy groups -OCH3 is 1. The smallest absolute Gasteiger partial charge is 0.257 e. The molecular formula is C20H31N5O3. The number of amides is 1. The number of rotatable bonds is 3. The molecule has 0 radical (unpaired) electrons. The highest BCUT2D eigenvalue weighted by atomic mass is 16.5. The number of anilines is 1. The zero-order valence-electron chi connectivity index (χ0n) is 17.1. The predicted molar refractivity (Wildman–Crippen MR) is 106 cm³/mol. The number of fused-ring (bicyclic) bond motifs is 1. The summed E-state index contributed by atoms with van der Waals surface area (Å²) in [4.78, 5) is 28.8. The van der Waals surface area contributed by atoms with Crippen LogP contribution in [0.25, 0.3) is 0 Å². The number of aromatic nitrogens is 2. The quantitative estimate of drug-likeness (QED) is 0.814. The molecular weight excluding hydrogens is 358 g/mol. The van der Waals surface area contributed by atoms with Gasteiger partial charge in [-0.05, 0) is 39.7 Å². The van der Waals surface area contributed by atoms with Crippen molar-refractivity contribution < 1.29 is 14.6 Å². The number of hydrogen-bond acceptors (Lipinski definition) is 7. The maximum absolute atomic E-state index is 13.3. The highest BCUT2D eigenvalue weighted by Crippen LogP contribution is 2.43. The van der Waals surface area contributed by atoms with Gasteiger partial charge >= 0.3 is 0 Å². The van der Waals surface area contributed by atoms with Gasteiger partial charge in [0, 0.05) is 46.0 Å². The lowest BCUT2D eigenvalue weighted by molar-refractivity contribution is -0.0824. The molecule has 1 N–H and O–H groups in total. The van der Waals surface area contributed by atoms with Crippen molar-refractivity contribution in [1.82, 2.24) is 19.8 Å². The van der Waals surface area contributed by atoms with E-state index in [1.807, 2.05) is 11.8 Å². The summed E-state index contributed by atoms with van der Waals surface area (Å²) in [5, 5.41) is 10.2. The van der Waals surface area contributed by atoms with E-state index in [1.54, 1.807) is 13.3 Å². The van der Waals surface area contributed by atoms with Crippen molar-refractivity contribution in [3.05, 3.63) is 17.5 Å². The van der Waals surface area contributed by atoms with Crippen LogP contribution in [0.1, 0.15) is 41.7 Å². The Balaban J connectivity index is 1.53. The van der Waals surface area contributed by atoms with E-state index >= 15 is 0 Å². The third-order valence-electron chi connectivity index (χ3n) is 6.81. The number of aryl methyl sites for hydroxylation is 1. The molecule has 3 aliphatic rings. The van der Waals surface area contributed by atoms with Gasteiger partial charge in [0.1, 0.15) is 0 Å². The number of nitrogens with zero attached hydrogens (tertiary/aromatic N) is 5. The van der Waals surface area contributed by atoms with E-state index in [-0.39, 0.29) is 23.7 Å². The molecule has 4 rings (SSSR count). The van der Waals surface area contributed by atoms with Crippen LogP contribution < -0.4 is 4.90 Å². The van der Waals surface area contributed by atoms with Gasteiger partial charge in [-0.2, -0.15) is 0 Å². The minimum Gasteiger partial charge on any atom is -0.393 e. The molecule has 28 heavy (non-hydrogen) atoms. The SMILES string of the molecule is COC12CCC(O)CC1N(C(=O)c1cnc(N3CCN(C)CC3)nc1C)CC2. The number of likely N-dealkylation sites (N-methyl/N-ethyl adjacent to an activating group) is 1. The molecule has 1 aliphatic carbocycles. The Morgan fingerprint density at radius 3 is 2.68 bits per heavy atom. The number of hydrogen-bond donors (Lipinski definition) is 1. The van der Waals surface area contributed by atoms with Crippen molar-refractivity contribution >= 4 is 11.9 Å². The van der Waals surface area contributed by atoms with E-state index < -0.39 is 0 Å². The number of piperazine rings is 1. The standard InChI is InChI=1S/C20H31N5O3/c1-14-16(13-21-19(22-14)24-10-8-23(2)9-11-24)18(27)25-7-6-20(28-3)5-4-15(26)12-17(20)25/h13,15,17,26H,4-12H2,1-3H3. The molecule has 1 saturated carbocycles. The van der Waals surface area contributed by atoms with Gasteiger partial charge < -0.3 is 24.5 Å². The highest BCUT2D eigenvalue weighted by molar-refractivity contribution is 5.95. The topological polar surface area (TPSA) is 82.0 Å². The molecule has 2 aliphatic heterocycles. The lowest BCUT2D eigenvalue weighted by Crippen LogP contribution is -2.52. The Labute approximate surface area is 166 Å². The molecule has 0 bridgehead atoms. The van der Waals surface area contributed by atoms with Gasteiger partial charge in [0.2, 0.25) is 5.95 Å². The molecule has 3 atom stereocenters. The van der Waals surface area contributed by atoms with E-state index in [4.69, 9.17) is 4.74 Å². The van der Waals surface area contributed by atoms with Crippen LogP contribution in [0.3, 0.4) is 0 Å². The zero-order valence-corrected chi connectivity index (χ0v) is 17.1. The number of aliphatic hydroxyl groups excluding tert-OH is 1. The average Bonchev–Trinajstić information content (AvgIpc) is 3.07. The van der Waals surface area contributed by atoms with Crippen LogP contribution in [0.5, 0.6) is 0 Å². The summed E-state index contributed by atoms with van der Waals surface area (Å²) < 4.78 is 5.86. The number of aliphatic hydroxyl groups is 1. The van der Waals surface area contributed by atoms with Gasteiger partial charge in [0.05, 0.1) is 29.0 Å². The van der Waals surface area contributed by atoms with E-state index in [2.05, 4.69) is 26.8 Å². The van der Waals surface area contributed by atoms with Gasteiger partial charge in [-0.1, -0.05) is 0 Å². The van der Waals surface area contributed by atoms with Crippen molar-refractivity contribution in [2.75, 3.05) is 51.8 Å². The third kappa shape index (κ3) is 3.38. The van der Waals surface area contributed by atoms with Crippen molar-refractivity contribution in [3.8, 4) is 0 Å². The Morgan fingerprint density at radius 1 is 1.25 bits per heavy atom. The first kappa shape index (κ1) is 19.5. The summed E-state index contributed by atoms with van der Waals surface area (Å²) in [6.45, 7) is 6.28. The van der Waals surface area contributed by atoms with Gasteiger partial charge in [-0.15, -0.1) is 0 Å². The lowest BCUT2D eigenvalue weighted by Gasteiger charge is -2.42. The second kappa shape index (κ2) is 7.57. The highest BCUT2D eigenvalue weighted by Gasteiger charge is 2.52. The van der Waals surface area contributed by atoms with Crippen molar-refractivity contribution in [3.63, 3.8) is 0 Å². The maximum atomic E-state index is 13.3. The average molecular weight is 390 g/mol. The number of carbonyl (C=O) groups excluding carboxylic acids is 1. The van der Waals surface area contributed by atoms with Crippen molar-refractivity contribution in [1.29, 1.82) is 0 Å². The predicted octanol–water partition coefficient (Wildman–Crippen LogP) is 0.681. The molecule has 1 amide bonds. The fourth-order valence-corrected chi connectivity index (χ4v) is 4.90. The van der Waals surface area contributed by atoms with Crippen LogP contribution in [-0.4, -0.2) is 95.4 Å². The zero-order chi connectivity index (χ0) is 19.9. The Bertz CT molecular complexity index is 737. The molecule has 1 aromatic rings. The third-order valence-corrected chi connectivity index (χ3v) is 6.81. The molecule has 1 aromatic heterocycles. The summed E-state index contributed by atoms with van der Waals surface area (Å²) in [5.74, 6) is 0.642. The number of ether oxygens (including phenoxy) is 1. The maximum Gasteiger partial charge on any atom is 0.257 e. The Kier molecular flexibility index (Phi) is 5.28. The van der Waals surface area contributed by atoms with Crippen LogP contribution in [0, 0.1) is 6.92 Å². The molecule has 3 heterocycles. The largest absolute Gasteiger partial charge is 0.393 e. The van der Waals surface area contributed by atoms with Crippen molar-refractivity contribution in [2.45, 2.75) is 50.4 Å². The summed E-state index contributed by atoms with van der Waals surface area (Å²) in [6.07, 6.45) is 4.19. The van der Waals surface area contributed by atoms with Crippen LogP contribution in [0.4, 0.5) is 5.95 Å². The molecule has 8 heteroatoms. The lowest BCUT2D eigenvalue weighted by atomic mass is 9.79. The van der Waals surface area contributed by atoms with Crippen LogP contribution >= 0.6 is 0 Å². The number of carbonyl (C=O) groups is 1. The summed E-state index contributed by atoms with van der Waals surface area (Å²) >= 11 is 0. The molecule has 154 valence electrons. The van der Waals surface area contributed by atoms with E-state index in [0.717, 1.165) is 45.4 Å². The van der Waals surface area contributed by atoms with E-state index in [1.165, 1.54) is 0 Å². The first-order valence-corrected chi connectivity index (χ1v) is 10.2. The Morgan fingerprint density at radius 2 is 2.00 bits per heavy atom. The van der Waals surface area contributed by atoms with Crippen LogP contribution in [-0.2, 0) is 4.74 Å². The van der Waals surface area contributed by atoms with E-state index in [0.29, 0.717) is 30.2 Å². The minimum atomic E-state index is -0.376. The molecule has 3 fully saturated rings. The van der Waals surface area contributed by atoms with Crippen molar-refractivity contribution in [2.24, 2.45) is 0 Å². The fraction of sp³-hybridized carbons (Fsp3) is 0.750. The van der Waals surface area contributed by atoms with Gasteiger partial charge in [-0.3, -0.25) is 4.79 Å². The molecule has 8 nitrogen and oxygen atoms in total. The summed E-state index contributed by atoms with van der Waals surface area (Å²) in [7, 11) is 3.83. The van der Waals surface area contributed by atoms with Crippen LogP contribution in [0.15, 0.2) is 6.20 Å². The molecule has 3 unspecified atom stereocenters. The van der Waals surface area contributed by atoms with Gasteiger partial charge in [0.15, 0.2) is 0 Å². The van der Waals surface area contributed by atoms with E-state index in [9.17, 15) is 9.90 Å².